The Kier molecular flexibility index (Phi) is 3.00. The van der Waals surface area contributed by atoms with Crippen LogP contribution in [0, 0.1) is 5.92 Å². The molecule has 2 rings (SSSR count). The summed E-state index contributed by atoms with van der Waals surface area (Å²) in [6.07, 6.45) is 3.26. The van der Waals surface area contributed by atoms with Crippen molar-refractivity contribution in [3.63, 3.8) is 0 Å². The molecule has 86 valence electrons. The molecule has 1 aromatic rings. The lowest BCUT2D eigenvalue weighted by atomic mass is 10.0. The molecular formula is C10H13N3O3. The molecule has 1 saturated heterocycles. The monoisotopic (exact) mass is 223 g/mol. The maximum atomic E-state index is 11.0. The van der Waals surface area contributed by atoms with E-state index in [1.165, 1.54) is 0 Å². The van der Waals surface area contributed by atoms with Crippen LogP contribution < -0.4 is 4.90 Å². The summed E-state index contributed by atoms with van der Waals surface area (Å²) in [4.78, 5) is 20.9. The first-order valence-electron chi connectivity index (χ1n) is 5.00. The number of carboxylic acid groups (broad SMARTS) is 1. The lowest BCUT2D eigenvalue weighted by Crippen LogP contribution is -2.41. The van der Waals surface area contributed by atoms with Crippen molar-refractivity contribution in [2.75, 3.05) is 25.2 Å². The second-order valence-corrected chi connectivity index (χ2v) is 3.71. The second-order valence-electron chi connectivity index (χ2n) is 3.71. The third-order valence-corrected chi connectivity index (χ3v) is 2.73. The molecule has 0 amide bonds. The number of aliphatic carboxylic acids is 1. The molecular weight excluding hydrogens is 210 g/mol. The fraction of sp³-hybridized carbons (Fsp3) is 0.500. The quantitative estimate of drug-likeness (QED) is 0.778. The van der Waals surface area contributed by atoms with Gasteiger partial charge in [0.15, 0.2) is 0 Å². The van der Waals surface area contributed by atoms with E-state index in [0.29, 0.717) is 12.6 Å². The van der Waals surface area contributed by atoms with E-state index in [9.17, 15) is 4.79 Å². The van der Waals surface area contributed by atoms with Gasteiger partial charge in [0.25, 0.3) is 0 Å². The molecule has 16 heavy (non-hydrogen) atoms. The summed E-state index contributed by atoms with van der Waals surface area (Å²) in [6.45, 7) is 0.642. The van der Waals surface area contributed by atoms with Crippen molar-refractivity contribution in [1.29, 1.82) is 0 Å². The van der Waals surface area contributed by atoms with Gasteiger partial charge in [-0.15, -0.1) is 0 Å². The molecule has 1 fully saturated rings. The number of nitrogens with zero attached hydrogens (tertiary/aromatic N) is 3. The maximum Gasteiger partial charge on any atom is 0.311 e. The summed E-state index contributed by atoms with van der Waals surface area (Å²) >= 11 is 0. The van der Waals surface area contributed by atoms with Crippen LogP contribution >= 0.6 is 0 Å². The van der Waals surface area contributed by atoms with Crippen LogP contribution in [-0.4, -0.2) is 47.3 Å². The maximum absolute atomic E-state index is 11.0. The summed E-state index contributed by atoms with van der Waals surface area (Å²) in [5, 5.41) is 9.03. The predicted molar refractivity (Wildman–Crippen MR) is 56.2 cm³/mol. The highest BCUT2D eigenvalue weighted by Gasteiger charge is 2.37. The smallest absolute Gasteiger partial charge is 0.311 e. The fourth-order valence-electron chi connectivity index (χ4n) is 1.78. The van der Waals surface area contributed by atoms with Crippen LogP contribution in [0.15, 0.2) is 18.5 Å². The molecule has 1 aliphatic rings. The van der Waals surface area contributed by atoms with Crippen molar-refractivity contribution in [3.8, 4) is 0 Å². The van der Waals surface area contributed by atoms with E-state index in [1.807, 2.05) is 0 Å². The van der Waals surface area contributed by atoms with E-state index in [0.717, 1.165) is 0 Å². The van der Waals surface area contributed by atoms with E-state index in [4.69, 9.17) is 9.84 Å². The van der Waals surface area contributed by atoms with Crippen LogP contribution in [0.1, 0.15) is 0 Å². The molecule has 1 N–H and O–H groups in total. The Balaban J connectivity index is 2.15. The van der Waals surface area contributed by atoms with Crippen molar-refractivity contribution in [2.24, 2.45) is 5.92 Å². The molecule has 1 aromatic heterocycles. The van der Waals surface area contributed by atoms with Gasteiger partial charge >= 0.3 is 5.97 Å². The number of carboxylic acids is 1. The van der Waals surface area contributed by atoms with Gasteiger partial charge < -0.3 is 14.7 Å². The molecule has 1 aliphatic heterocycles. The van der Waals surface area contributed by atoms with Gasteiger partial charge in [-0.2, -0.15) is 0 Å². The molecule has 2 unspecified atom stereocenters. The standard InChI is InChI=1S/C10H13N3O3/c1-13(10-11-3-2-4-12-10)8-6-16-5-7(8)9(14)15/h2-4,7-8H,5-6H2,1H3,(H,14,15). The van der Waals surface area contributed by atoms with Gasteiger partial charge in [0.2, 0.25) is 5.95 Å². The third kappa shape index (κ3) is 1.96. The number of hydrogen-bond acceptors (Lipinski definition) is 5. The van der Waals surface area contributed by atoms with Crippen molar-refractivity contribution < 1.29 is 14.6 Å². The summed E-state index contributed by atoms with van der Waals surface area (Å²) < 4.78 is 5.20. The minimum atomic E-state index is -0.842. The lowest BCUT2D eigenvalue weighted by molar-refractivity contribution is -0.141. The van der Waals surface area contributed by atoms with Gasteiger partial charge in [0, 0.05) is 19.4 Å². The number of anilines is 1. The molecule has 0 aromatic carbocycles. The molecule has 0 saturated carbocycles. The molecule has 6 heteroatoms. The van der Waals surface area contributed by atoms with Crippen LogP contribution in [0.2, 0.25) is 0 Å². The minimum Gasteiger partial charge on any atom is -0.481 e. The van der Waals surface area contributed by atoms with E-state index in [2.05, 4.69) is 9.97 Å². The van der Waals surface area contributed by atoms with Gasteiger partial charge in [-0.3, -0.25) is 4.79 Å². The van der Waals surface area contributed by atoms with E-state index in [-0.39, 0.29) is 12.6 Å². The number of rotatable bonds is 3. The SMILES string of the molecule is CN(c1ncccn1)C1COCC1C(=O)O. The fourth-order valence-corrected chi connectivity index (χ4v) is 1.78. The van der Waals surface area contributed by atoms with Gasteiger partial charge in [0.1, 0.15) is 5.92 Å². The Labute approximate surface area is 92.9 Å². The largest absolute Gasteiger partial charge is 0.481 e. The average Bonchev–Trinajstić information content (AvgIpc) is 2.78. The Hall–Kier alpha value is -1.69. The van der Waals surface area contributed by atoms with Crippen LogP contribution in [0.25, 0.3) is 0 Å². The summed E-state index contributed by atoms with van der Waals surface area (Å²) in [5.41, 5.74) is 0. The van der Waals surface area contributed by atoms with Gasteiger partial charge in [-0.1, -0.05) is 0 Å². The Morgan fingerprint density at radius 3 is 2.81 bits per heavy atom. The summed E-state index contributed by atoms with van der Waals surface area (Å²) in [5.74, 6) is -0.844. The van der Waals surface area contributed by atoms with Crippen molar-refractivity contribution in [3.05, 3.63) is 18.5 Å². The first-order chi connectivity index (χ1) is 7.70. The normalized spacial score (nSPS) is 24.3. The highest BCUT2D eigenvalue weighted by molar-refractivity contribution is 5.72. The van der Waals surface area contributed by atoms with Crippen LogP contribution in [0.3, 0.4) is 0 Å². The number of hydrogen-bond donors (Lipinski definition) is 1. The second kappa shape index (κ2) is 4.44. The van der Waals surface area contributed by atoms with Crippen LogP contribution in [0.4, 0.5) is 5.95 Å². The van der Waals surface area contributed by atoms with Crippen LogP contribution in [0.5, 0.6) is 0 Å². The first-order valence-corrected chi connectivity index (χ1v) is 5.00. The van der Waals surface area contributed by atoms with E-state index < -0.39 is 11.9 Å². The molecule has 6 nitrogen and oxygen atoms in total. The van der Waals surface area contributed by atoms with E-state index >= 15 is 0 Å². The highest BCUT2D eigenvalue weighted by Crippen LogP contribution is 2.21. The zero-order valence-electron chi connectivity index (χ0n) is 8.91. The van der Waals surface area contributed by atoms with Gasteiger partial charge in [-0.05, 0) is 6.07 Å². The third-order valence-electron chi connectivity index (χ3n) is 2.73. The molecule has 0 spiro atoms. The topological polar surface area (TPSA) is 75.5 Å². The summed E-state index contributed by atoms with van der Waals surface area (Å²) in [6, 6.07) is 1.51. The molecule has 0 aliphatic carbocycles. The van der Waals surface area contributed by atoms with E-state index in [1.54, 1.807) is 30.4 Å². The zero-order valence-corrected chi connectivity index (χ0v) is 8.91. The highest BCUT2D eigenvalue weighted by atomic mass is 16.5. The van der Waals surface area contributed by atoms with Crippen molar-refractivity contribution in [1.82, 2.24) is 9.97 Å². The molecule has 2 heterocycles. The molecule has 2 atom stereocenters. The van der Waals surface area contributed by atoms with Crippen molar-refractivity contribution >= 4 is 11.9 Å². The number of likely N-dealkylation sites (N-methyl/N-ethyl adjacent to an activating group) is 1. The number of aromatic nitrogens is 2. The molecule has 0 bridgehead atoms. The van der Waals surface area contributed by atoms with Crippen molar-refractivity contribution in [2.45, 2.75) is 6.04 Å². The Bertz CT molecular complexity index is 371. The van der Waals surface area contributed by atoms with Crippen LogP contribution in [-0.2, 0) is 9.53 Å². The summed E-state index contributed by atoms with van der Waals surface area (Å²) in [7, 11) is 1.78. The predicted octanol–water partition coefficient (Wildman–Crippen LogP) is 0.0124. The Morgan fingerprint density at radius 1 is 1.50 bits per heavy atom. The molecule has 0 radical (unpaired) electrons. The average molecular weight is 223 g/mol. The Morgan fingerprint density at radius 2 is 2.19 bits per heavy atom. The van der Waals surface area contributed by atoms with Gasteiger partial charge in [-0.25, -0.2) is 9.97 Å². The number of carbonyl (C=O) groups is 1. The number of ether oxygens (including phenoxy) is 1. The first kappa shape index (κ1) is 10.8. The zero-order chi connectivity index (χ0) is 11.5. The minimum absolute atomic E-state index is 0.208. The lowest BCUT2D eigenvalue weighted by Gasteiger charge is -2.25. The van der Waals surface area contributed by atoms with Gasteiger partial charge in [0.05, 0.1) is 19.3 Å².